The number of phenolic OH excluding ortho intramolecular Hbond substituents is 1. The smallest absolute Gasteiger partial charge is 0.226 e. The zero-order valence-electron chi connectivity index (χ0n) is 17.4. The van der Waals surface area contributed by atoms with E-state index in [1.807, 2.05) is 36.4 Å². The van der Waals surface area contributed by atoms with Gasteiger partial charge in [-0.2, -0.15) is 0 Å². The van der Waals surface area contributed by atoms with E-state index in [1.165, 1.54) is 5.56 Å². The molecule has 5 N–H and O–H groups in total. The molecule has 0 saturated heterocycles. The van der Waals surface area contributed by atoms with E-state index >= 15 is 0 Å². The Morgan fingerprint density at radius 1 is 1.13 bits per heavy atom. The van der Waals surface area contributed by atoms with Gasteiger partial charge in [-0.15, -0.1) is 0 Å². The van der Waals surface area contributed by atoms with E-state index in [-0.39, 0.29) is 42.9 Å². The van der Waals surface area contributed by atoms with Crippen LogP contribution in [-0.4, -0.2) is 55.0 Å². The van der Waals surface area contributed by atoms with Crippen molar-refractivity contribution in [2.24, 2.45) is 5.73 Å². The molecule has 0 spiro atoms. The minimum Gasteiger partial charge on any atom is -0.508 e. The third-order valence-electron chi connectivity index (χ3n) is 5.40. The van der Waals surface area contributed by atoms with Gasteiger partial charge in [0.05, 0.1) is 0 Å². The highest BCUT2D eigenvalue weighted by atomic mass is 16.3. The molecule has 1 atom stereocenters. The van der Waals surface area contributed by atoms with Gasteiger partial charge >= 0.3 is 0 Å². The van der Waals surface area contributed by atoms with Crippen molar-refractivity contribution in [2.75, 3.05) is 38.5 Å². The van der Waals surface area contributed by atoms with E-state index in [0.29, 0.717) is 6.54 Å². The zero-order valence-corrected chi connectivity index (χ0v) is 17.4. The van der Waals surface area contributed by atoms with Crippen LogP contribution in [0, 0.1) is 0 Å². The summed E-state index contributed by atoms with van der Waals surface area (Å²) >= 11 is 0. The number of aromatic hydroxyl groups is 1. The number of anilines is 1. The number of hydrogen-bond acceptors (Lipinski definition) is 5. The Labute approximate surface area is 177 Å². The minimum atomic E-state index is -0.153. The first kappa shape index (κ1) is 21.8. The molecule has 2 aromatic carbocycles. The molecule has 7 nitrogen and oxygen atoms in total. The molecule has 2 aromatic rings. The fourth-order valence-electron chi connectivity index (χ4n) is 3.79. The molecule has 1 unspecified atom stereocenters. The van der Waals surface area contributed by atoms with Crippen molar-refractivity contribution in [1.29, 1.82) is 0 Å². The summed E-state index contributed by atoms with van der Waals surface area (Å²) in [7, 11) is 2.11. The van der Waals surface area contributed by atoms with Crippen LogP contribution in [-0.2, 0) is 16.0 Å². The molecule has 1 heterocycles. The molecular weight excluding hydrogens is 380 g/mol. The van der Waals surface area contributed by atoms with Gasteiger partial charge in [-0.3, -0.25) is 9.59 Å². The van der Waals surface area contributed by atoms with E-state index < -0.39 is 0 Å². The number of hydrogen-bond donors (Lipinski definition) is 4. The van der Waals surface area contributed by atoms with Gasteiger partial charge in [-0.05, 0) is 54.4 Å². The summed E-state index contributed by atoms with van der Waals surface area (Å²) in [5, 5.41) is 15.5. The van der Waals surface area contributed by atoms with Crippen LogP contribution in [0.1, 0.15) is 35.4 Å². The third-order valence-corrected chi connectivity index (χ3v) is 5.40. The molecule has 0 aliphatic carbocycles. The second-order valence-corrected chi connectivity index (χ2v) is 7.76. The summed E-state index contributed by atoms with van der Waals surface area (Å²) < 4.78 is 0. The lowest BCUT2D eigenvalue weighted by atomic mass is 9.88. The Morgan fingerprint density at radius 3 is 2.63 bits per heavy atom. The van der Waals surface area contributed by atoms with Crippen LogP contribution < -0.4 is 16.4 Å². The number of likely N-dealkylation sites (N-methyl/N-ethyl adjacent to an activating group) is 1. The average Bonchev–Trinajstić information content (AvgIpc) is 2.87. The molecule has 0 radical (unpaired) electrons. The van der Waals surface area contributed by atoms with Crippen molar-refractivity contribution in [3.8, 4) is 5.75 Å². The van der Waals surface area contributed by atoms with Gasteiger partial charge in [0.2, 0.25) is 11.8 Å². The number of nitrogens with two attached hydrogens (primary N) is 1. The van der Waals surface area contributed by atoms with Gasteiger partial charge in [0, 0.05) is 50.6 Å². The molecule has 1 aliphatic heterocycles. The van der Waals surface area contributed by atoms with Crippen LogP contribution >= 0.6 is 0 Å². The van der Waals surface area contributed by atoms with Crippen LogP contribution in [0.2, 0.25) is 0 Å². The third kappa shape index (κ3) is 5.81. The summed E-state index contributed by atoms with van der Waals surface area (Å²) in [6, 6.07) is 13.5. The van der Waals surface area contributed by atoms with Crippen LogP contribution in [0.25, 0.3) is 0 Å². The summed E-state index contributed by atoms with van der Waals surface area (Å²) in [6.45, 7) is 2.43. The zero-order chi connectivity index (χ0) is 21.5. The van der Waals surface area contributed by atoms with Crippen molar-refractivity contribution < 1.29 is 14.7 Å². The first-order chi connectivity index (χ1) is 14.5. The summed E-state index contributed by atoms with van der Waals surface area (Å²) in [5.41, 5.74) is 9.60. The summed E-state index contributed by atoms with van der Waals surface area (Å²) in [5.74, 6) is 0.141. The fourth-order valence-corrected chi connectivity index (χ4v) is 3.79. The molecular formula is C23H30N4O3. The van der Waals surface area contributed by atoms with Gasteiger partial charge in [0.25, 0.3) is 0 Å². The van der Waals surface area contributed by atoms with Gasteiger partial charge in [-0.25, -0.2) is 0 Å². The monoisotopic (exact) mass is 410 g/mol. The van der Waals surface area contributed by atoms with E-state index in [9.17, 15) is 14.7 Å². The Bertz CT molecular complexity index is 883. The molecule has 1 aliphatic rings. The number of carbonyl (C=O) groups is 2. The molecule has 0 fully saturated rings. The van der Waals surface area contributed by atoms with Crippen LogP contribution in [0.3, 0.4) is 0 Å². The molecule has 2 amide bonds. The maximum atomic E-state index is 12.1. The van der Waals surface area contributed by atoms with Gasteiger partial charge in [0.15, 0.2) is 0 Å². The lowest BCUT2D eigenvalue weighted by Crippen LogP contribution is -2.29. The normalized spacial score (nSPS) is 16.4. The van der Waals surface area contributed by atoms with Crippen molar-refractivity contribution >= 4 is 17.5 Å². The summed E-state index contributed by atoms with van der Waals surface area (Å²) in [6.07, 6.45) is 1.43. The Hall–Kier alpha value is -2.90. The summed E-state index contributed by atoms with van der Waals surface area (Å²) in [4.78, 5) is 25.8. The lowest BCUT2D eigenvalue weighted by molar-refractivity contribution is -0.121. The van der Waals surface area contributed by atoms with Gasteiger partial charge in [0.1, 0.15) is 5.75 Å². The number of nitrogens with zero attached hydrogens (tertiary/aromatic N) is 1. The predicted octanol–water partition coefficient (Wildman–Crippen LogP) is 1.81. The topological polar surface area (TPSA) is 108 Å². The molecule has 3 rings (SSSR count). The Balaban J connectivity index is 1.64. The predicted molar refractivity (Wildman–Crippen MR) is 118 cm³/mol. The molecule has 0 saturated carbocycles. The number of fused-ring (bicyclic) bond motifs is 1. The standard InChI is InChI=1S/C23H30N4O3/c1-27-13-10-17-4-7-19(28)14-20(17)21(15-27)16-2-5-18(6-3-16)26-23(30)9-12-25-22(29)8-11-24/h2-7,14,21,28H,8-13,15,24H2,1H3,(H,25,29)(H,26,30). The molecule has 30 heavy (non-hydrogen) atoms. The maximum absolute atomic E-state index is 12.1. The highest BCUT2D eigenvalue weighted by Crippen LogP contribution is 2.33. The molecule has 0 aromatic heterocycles. The van der Waals surface area contributed by atoms with E-state index in [4.69, 9.17) is 5.73 Å². The van der Waals surface area contributed by atoms with Crippen molar-refractivity contribution in [3.63, 3.8) is 0 Å². The number of nitrogens with one attached hydrogen (secondary N) is 2. The van der Waals surface area contributed by atoms with Crippen LogP contribution in [0.15, 0.2) is 42.5 Å². The van der Waals surface area contributed by atoms with E-state index in [0.717, 1.165) is 36.3 Å². The quantitative estimate of drug-likeness (QED) is 0.557. The van der Waals surface area contributed by atoms with Gasteiger partial charge < -0.3 is 26.4 Å². The first-order valence-electron chi connectivity index (χ1n) is 10.3. The lowest BCUT2D eigenvalue weighted by Gasteiger charge is -2.22. The highest BCUT2D eigenvalue weighted by molar-refractivity contribution is 5.91. The number of rotatable bonds is 7. The Morgan fingerprint density at radius 2 is 1.90 bits per heavy atom. The first-order valence-corrected chi connectivity index (χ1v) is 10.3. The van der Waals surface area contributed by atoms with Crippen molar-refractivity contribution in [1.82, 2.24) is 10.2 Å². The molecule has 0 bridgehead atoms. The van der Waals surface area contributed by atoms with Gasteiger partial charge in [-0.1, -0.05) is 18.2 Å². The molecule has 160 valence electrons. The second kappa shape index (κ2) is 10.2. The number of benzene rings is 2. The van der Waals surface area contributed by atoms with E-state index in [1.54, 1.807) is 6.07 Å². The van der Waals surface area contributed by atoms with E-state index in [2.05, 4.69) is 22.6 Å². The maximum Gasteiger partial charge on any atom is 0.226 e. The number of carbonyl (C=O) groups excluding carboxylic acids is 2. The molecule has 7 heteroatoms. The second-order valence-electron chi connectivity index (χ2n) is 7.76. The number of amides is 2. The highest BCUT2D eigenvalue weighted by Gasteiger charge is 2.23. The van der Waals surface area contributed by atoms with Crippen molar-refractivity contribution in [3.05, 3.63) is 59.2 Å². The largest absolute Gasteiger partial charge is 0.508 e. The fraction of sp³-hybridized carbons (Fsp3) is 0.391. The number of phenols is 1. The Kier molecular flexibility index (Phi) is 7.43. The van der Waals surface area contributed by atoms with Crippen LogP contribution in [0.4, 0.5) is 5.69 Å². The SMILES string of the molecule is CN1CCc2ccc(O)cc2C(c2ccc(NC(=O)CCNC(=O)CCN)cc2)C1. The van der Waals surface area contributed by atoms with Crippen LogP contribution in [0.5, 0.6) is 5.75 Å². The minimum absolute atomic E-state index is 0.144. The van der Waals surface area contributed by atoms with Crippen molar-refractivity contribution in [2.45, 2.75) is 25.2 Å². The average molecular weight is 411 g/mol.